The average molecular weight is 399 g/mol. The Hall–Kier alpha value is -2.83. The Morgan fingerprint density at radius 2 is 1.97 bits per heavy atom. The highest BCUT2D eigenvalue weighted by molar-refractivity contribution is 5.90. The van der Waals surface area contributed by atoms with Crippen molar-refractivity contribution >= 4 is 17.7 Å². The van der Waals surface area contributed by atoms with Crippen LogP contribution in [0, 0.1) is 5.92 Å². The molecule has 3 rings (SSSR count). The molecule has 7 nitrogen and oxygen atoms in total. The Morgan fingerprint density at radius 3 is 2.59 bits per heavy atom. The molecule has 29 heavy (non-hydrogen) atoms. The van der Waals surface area contributed by atoms with Crippen molar-refractivity contribution in [3.8, 4) is 0 Å². The number of aromatic nitrogens is 2. The van der Waals surface area contributed by atoms with Crippen LogP contribution in [0.5, 0.6) is 0 Å². The van der Waals surface area contributed by atoms with Crippen molar-refractivity contribution in [3.63, 3.8) is 0 Å². The van der Waals surface area contributed by atoms with Gasteiger partial charge in [-0.3, -0.25) is 9.48 Å². The zero-order chi connectivity index (χ0) is 20.8. The van der Waals surface area contributed by atoms with Gasteiger partial charge in [-0.05, 0) is 37.2 Å². The van der Waals surface area contributed by atoms with E-state index in [2.05, 4.69) is 29.6 Å². The van der Waals surface area contributed by atoms with Crippen molar-refractivity contribution in [2.75, 3.05) is 5.32 Å². The zero-order valence-corrected chi connectivity index (χ0v) is 17.1. The van der Waals surface area contributed by atoms with Gasteiger partial charge in [-0.1, -0.05) is 44.2 Å². The molecule has 1 unspecified atom stereocenters. The highest BCUT2D eigenvalue weighted by Crippen LogP contribution is 2.43. The topological polar surface area (TPSA) is 96.3 Å². The fourth-order valence-electron chi connectivity index (χ4n) is 3.54. The first-order valence-electron chi connectivity index (χ1n) is 10.3. The third kappa shape index (κ3) is 6.34. The van der Waals surface area contributed by atoms with Crippen molar-refractivity contribution in [1.29, 1.82) is 0 Å². The molecule has 1 atom stereocenters. The fraction of sp³-hybridized carbons (Fsp3) is 0.500. The highest BCUT2D eigenvalue weighted by Gasteiger charge is 2.31. The molecule has 1 aliphatic carbocycles. The molecule has 0 spiro atoms. The van der Waals surface area contributed by atoms with E-state index in [1.807, 2.05) is 35.0 Å². The minimum absolute atomic E-state index is 0.0113. The van der Waals surface area contributed by atoms with Crippen LogP contribution in [-0.2, 0) is 17.8 Å². The summed E-state index contributed by atoms with van der Waals surface area (Å²) >= 11 is 0. The lowest BCUT2D eigenvalue weighted by atomic mass is 10.0. The number of carbonyl (C=O) groups is 2. The standard InChI is InChI=1S/C22H30N4O3/c1-15(2)14-26-21(17-8-9-17)19(13-23-26)25-22(29)24-18(10-11-20(27)28)12-16-6-4-3-5-7-16/h3-7,13,15,17-18H,8-12,14H2,1-2H3,(H,27,28)(H2,24,25,29). The largest absolute Gasteiger partial charge is 0.481 e. The van der Waals surface area contributed by atoms with Gasteiger partial charge in [0.1, 0.15) is 0 Å². The molecule has 0 radical (unpaired) electrons. The summed E-state index contributed by atoms with van der Waals surface area (Å²) in [5.41, 5.74) is 2.91. The normalized spacial score (nSPS) is 14.6. The lowest BCUT2D eigenvalue weighted by Gasteiger charge is -2.19. The van der Waals surface area contributed by atoms with E-state index < -0.39 is 5.97 Å². The molecule has 0 bridgehead atoms. The number of carboxylic acids is 1. The number of nitrogens with zero attached hydrogens (tertiary/aromatic N) is 2. The second-order valence-corrected chi connectivity index (χ2v) is 8.21. The number of benzene rings is 1. The number of hydrogen-bond donors (Lipinski definition) is 3. The number of amides is 2. The van der Waals surface area contributed by atoms with Gasteiger partial charge < -0.3 is 15.7 Å². The van der Waals surface area contributed by atoms with Crippen molar-refractivity contribution in [2.45, 2.75) is 64.5 Å². The maximum atomic E-state index is 12.7. The summed E-state index contributed by atoms with van der Waals surface area (Å²) in [6.45, 7) is 5.12. The van der Waals surface area contributed by atoms with Crippen LogP contribution in [0.3, 0.4) is 0 Å². The Balaban J connectivity index is 1.66. The van der Waals surface area contributed by atoms with E-state index >= 15 is 0 Å². The summed E-state index contributed by atoms with van der Waals surface area (Å²) in [6, 6.07) is 9.20. The molecule has 2 aromatic rings. The number of aliphatic carboxylic acids is 1. The quantitative estimate of drug-likeness (QED) is 0.563. The van der Waals surface area contributed by atoms with Gasteiger partial charge in [0.05, 0.1) is 17.6 Å². The molecule has 1 aromatic carbocycles. The summed E-state index contributed by atoms with van der Waals surface area (Å²) in [7, 11) is 0. The SMILES string of the molecule is CC(C)Cn1ncc(NC(=O)NC(CCC(=O)O)Cc2ccccc2)c1C1CC1. The van der Waals surface area contributed by atoms with Crippen LogP contribution in [0.25, 0.3) is 0 Å². The molecule has 1 aliphatic rings. The van der Waals surface area contributed by atoms with Crippen LogP contribution < -0.4 is 10.6 Å². The molecule has 1 fully saturated rings. The molecular weight excluding hydrogens is 368 g/mol. The van der Waals surface area contributed by atoms with Crippen LogP contribution in [0.2, 0.25) is 0 Å². The average Bonchev–Trinajstić information content (AvgIpc) is 3.43. The molecule has 0 aliphatic heterocycles. The number of hydrogen-bond acceptors (Lipinski definition) is 3. The smallest absolute Gasteiger partial charge is 0.319 e. The van der Waals surface area contributed by atoms with Gasteiger partial charge >= 0.3 is 12.0 Å². The number of urea groups is 1. The summed E-state index contributed by atoms with van der Waals surface area (Å²) < 4.78 is 2.00. The second kappa shape index (κ2) is 9.58. The van der Waals surface area contributed by atoms with Crippen molar-refractivity contribution in [2.24, 2.45) is 5.92 Å². The van der Waals surface area contributed by atoms with Crippen molar-refractivity contribution in [1.82, 2.24) is 15.1 Å². The van der Waals surface area contributed by atoms with E-state index in [0.29, 0.717) is 24.7 Å². The summed E-state index contributed by atoms with van der Waals surface area (Å²) in [4.78, 5) is 23.7. The fourth-order valence-corrected chi connectivity index (χ4v) is 3.54. The first kappa shape index (κ1) is 20.9. The summed E-state index contributed by atoms with van der Waals surface area (Å²) in [5, 5.41) is 19.4. The zero-order valence-electron chi connectivity index (χ0n) is 17.1. The molecule has 3 N–H and O–H groups in total. The van der Waals surface area contributed by atoms with Gasteiger partial charge in [-0.15, -0.1) is 0 Å². The molecular formula is C22H30N4O3. The molecule has 156 valence electrons. The maximum Gasteiger partial charge on any atom is 0.319 e. The molecule has 0 saturated heterocycles. The second-order valence-electron chi connectivity index (χ2n) is 8.21. The van der Waals surface area contributed by atoms with E-state index in [1.165, 1.54) is 0 Å². The van der Waals surface area contributed by atoms with Gasteiger partial charge in [0.2, 0.25) is 0 Å². The van der Waals surface area contributed by atoms with Gasteiger partial charge in [-0.25, -0.2) is 4.79 Å². The van der Waals surface area contributed by atoms with Crippen LogP contribution in [0.4, 0.5) is 10.5 Å². The van der Waals surface area contributed by atoms with Crippen LogP contribution in [0.15, 0.2) is 36.5 Å². The third-order valence-electron chi connectivity index (χ3n) is 5.00. The van der Waals surface area contributed by atoms with E-state index in [9.17, 15) is 9.59 Å². The van der Waals surface area contributed by atoms with Crippen LogP contribution in [-0.4, -0.2) is 32.9 Å². The Morgan fingerprint density at radius 1 is 1.24 bits per heavy atom. The lowest BCUT2D eigenvalue weighted by Crippen LogP contribution is -2.39. The number of nitrogens with one attached hydrogen (secondary N) is 2. The Kier molecular flexibility index (Phi) is 6.90. The molecule has 7 heteroatoms. The van der Waals surface area contributed by atoms with Crippen LogP contribution in [0.1, 0.15) is 56.7 Å². The monoisotopic (exact) mass is 398 g/mol. The van der Waals surface area contributed by atoms with Crippen molar-refractivity contribution < 1.29 is 14.7 Å². The van der Waals surface area contributed by atoms with Gasteiger partial charge in [-0.2, -0.15) is 5.10 Å². The van der Waals surface area contributed by atoms with E-state index in [1.54, 1.807) is 6.20 Å². The number of carboxylic acid groups (broad SMARTS) is 1. The number of rotatable bonds is 10. The van der Waals surface area contributed by atoms with Gasteiger partial charge in [0, 0.05) is 24.9 Å². The predicted molar refractivity (Wildman–Crippen MR) is 112 cm³/mol. The molecule has 1 aromatic heterocycles. The first-order valence-corrected chi connectivity index (χ1v) is 10.3. The first-order chi connectivity index (χ1) is 13.9. The number of anilines is 1. The predicted octanol–water partition coefficient (Wildman–Crippen LogP) is 4.01. The molecule has 2 amide bonds. The Bertz CT molecular complexity index is 828. The van der Waals surface area contributed by atoms with E-state index in [4.69, 9.17) is 5.11 Å². The molecule has 1 saturated carbocycles. The highest BCUT2D eigenvalue weighted by atomic mass is 16.4. The van der Waals surface area contributed by atoms with E-state index in [0.717, 1.165) is 36.3 Å². The van der Waals surface area contributed by atoms with Gasteiger partial charge in [0.15, 0.2) is 0 Å². The lowest BCUT2D eigenvalue weighted by molar-refractivity contribution is -0.137. The minimum Gasteiger partial charge on any atom is -0.481 e. The number of carbonyl (C=O) groups excluding carboxylic acids is 1. The Labute approximate surface area is 171 Å². The summed E-state index contributed by atoms with van der Waals surface area (Å²) in [6.07, 6.45) is 4.94. The van der Waals surface area contributed by atoms with Crippen LogP contribution >= 0.6 is 0 Å². The van der Waals surface area contributed by atoms with Gasteiger partial charge in [0.25, 0.3) is 0 Å². The maximum absolute atomic E-state index is 12.7. The van der Waals surface area contributed by atoms with E-state index in [-0.39, 0.29) is 18.5 Å². The summed E-state index contributed by atoms with van der Waals surface area (Å²) in [5.74, 6) is 0.0651. The van der Waals surface area contributed by atoms with Crippen molar-refractivity contribution in [3.05, 3.63) is 47.8 Å². The minimum atomic E-state index is -0.865. The third-order valence-corrected chi connectivity index (χ3v) is 5.00. The molecule has 1 heterocycles.